The van der Waals surface area contributed by atoms with Crippen LogP contribution < -0.4 is 0 Å². The molecule has 0 aliphatic carbocycles. The molecule has 0 bridgehead atoms. The second-order valence-electron chi connectivity index (χ2n) is 7.41. The van der Waals surface area contributed by atoms with E-state index in [1.165, 1.54) is 54.5 Å². The quantitative estimate of drug-likeness (QED) is 0.847. The van der Waals surface area contributed by atoms with Crippen molar-refractivity contribution in [2.75, 3.05) is 33.2 Å². The van der Waals surface area contributed by atoms with Gasteiger partial charge < -0.3 is 9.47 Å². The molecule has 3 heteroatoms. The van der Waals surface area contributed by atoms with Gasteiger partial charge in [0.25, 0.3) is 0 Å². The first-order chi connectivity index (χ1) is 11.7. The summed E-state index contributed by atoms with van der Waals surface area (Å²) in [6.07, 6.45) is 8.53. The Morgan fingerprint density at radius 2 is 2.08 bits per heavy atom. The summed E-state index contributed by atoms with van der Waals surface area (Å²) in [5.74, 6) is 0. The van der Waals surface area contributed by atoms with Gasteiger partial charge in [-0.15, -0.1) is 0 Å². The predicted octanol–water partition coefficient (Wildman–Crippen LogP) is 3.84. The minimum atomic E-state index is 0.705. The highest BCUT2D eigenvalue weighted by Gasteiger charge is 2.23. The van der Waals surface area contributed by atoms with Gasteiger partial charge in [-0.3, -0.25) is 4.90 Å². The largest absolute Gasteiger partial charge is 0.346 e. The SMILES string of the molecule is CCN1CCCC1Cn1ccc2ccc(C3=CCN(C)CC3)cc21. The summed E-state index contributed by atoms with van der Waals surface area (Å²) >= 11 is 0. The van der Waals surface area contributed by atoms with Gasteiger partial charge in [0, 0.05) is 37.4 Å². The molecule has 0 saturated carbocycles. The van der Waals surface area contributed by atoms with E-state index in [0.29, 0.717) is 6.04 Å². The molecule has 128 valence electrons. The number of rotatable bonds is 4. The monoisotopic (exact) mass is 323 g/mol. The van der Waals surface area contributed by atoms with Crippen molar-refractivity contribution in [1.29, 1.82) is 0 Å². The van der Waals surface area contributed by atoms with Crippen LogP contribution in [0.2, 0.25) is 0 Å². The van der Waals surface area contributed by atoms with E-state index < -0.39 is 0 Å². The zero-order valence-electron chi connectivity index (χ0n) is 15.0. The van der Waals surface area contributed by atoms with E-state index in [4.69, 9.17) is 0 Å². The number of likely N-dealkylation sites (tertiary alicyclic amines) is 1. The van der Waals surface area contributed by atoms with Crippen molar-refractivity contribution in [2.24, 2.45) is 0 Å². The van der Waals surface area contributed by atoms with Gasteiger partial charge in [0.05, 0.1) is 0 Å². The van der Waals surface area contributed by atoms with E-state index in [2.05, 4.69) is 64.9 Å². The van der Waals surface area contributed by atoms with Crippen molar-refractivity contribution < 1.29 is 0 Å². The second kappa shape index (κ2) is 6.73. The zero-order chi connectivity index (χ0) is 16.5. The molecule has 2 aliphatic heterocycles. The van der Waals surface area contributed by atoms with Gasteiger partial charge in [-0.1, -0.05) is 25.1 Å². The minimum absolute atomic E-state index is 0.705. The molecule has 1 aromatic heterocycles. The maximum absolute atomic E-state index is 2.63. The molecule has 1 fully saturated rings. The summed E-state index contributed by atoms with van der Waals surface area (Å²) in [7, 11) is 2.20. The molecule has 0 amide bonds. The van der Waals surface area contributed by atoms with Crippen LogP contribution >= 0.6 is 0 Å². The molecule has 2 aromatic rings. The molecule has 24 heavy (non-hydrogen) atoms. The maximum atomic E-state index is 2.63. The number of hydrogen-bond acceptors (Lipinski definition) is 2. The normalized spacial score (nSPS) is 23.1. The summed E-state index contributed by atoms with van der Waals surface area (Å²) < 4.78 is 2.48. The van der Waals surface area contributed by atoms with Gasteiger partial charge in [-0.25, -0.2) is 0 Å². The van der Waals surface area contributed by atoms with Gasteiger partial charge >= 0.3 is 0 Å². The third-order valence-electron chi connectivity index (χ3n) is 5.87. The van der Waals surface area contributed by atoms with Gasteiger partial charge in [0.15, 0.2) is 0 Å². The molecule has 1 aromatic carbocycles. The van der Waals surface area contributed by atoms with Crippen molar-refractivity contribution in [3.05, 3.63) is 42.1 Å². The van der Waals surface area contributed by atoms with Crippen molar-refractivity contribution in [3.8, 4) is 0 Å². The summed E-state index contributed by atoms with van der Waals surface area (Å²) in [6.45, 7) is 8.10. The molecule has 1 atom stereocenters. The van der Waals surface area contributed by atoms with Crippen molar-refractivity contribution in [1.82, 2.24) is 14.4 Å². The molecular formula is C21H29N3. The Labute approximate surface area is 145 Å². The summed E-state index contributed by atoms with van der Waals surface area (Å²) in [6, 6.07) is 9.99. The Bertz CT molecular complexity index is 743. The van der Waals surface area contributed by atoms with Crippen LogP contribution in [0.5, 0.6) is 0 Å². The Kier molecular flexibility index (Phi) is 4.47. The minimum Gasteiger partial charge on any atom is -0.346 e. The Balaban J connectivity index is 1.61. The summed E-state index contributed by atoms with van der Waals surface area (Å²) in [5, 5.41) is 1.37. The lowest BCUT2D eigenvalue weighted by Gasteiger charge is -2.24. The molecule has 0 spiro atoms. The highest BCUT2D eigenvalue weighted by Crippen LogP contribution is 2.27. The van der Waals surface area contributed by atoms with Gasteiger partial charge in [-0.2, -0.15) is 0 Å². The molecule has 0 radical (unpaired) electrons. The van der Waals surface area contributed by atoms with Crippen LogP contribution in [0.25, 0.3) is 16.5 Å². The lowest BCUT2D eigenvalue weighted by molar-refractivity contribution is 0.246. The number of nitrogens with zero attached hydrogens (tertiary/aromatic N) is 3. The zero-order valence-corrected chi connectivity index (χ0v) is 15.0. The highest BCUT2D eigenvalue weighted by molar-refractivity contribution is 5.84. The summed E-state index contributed by atoms with van der Waals surface area (Å²) in [5.41, 5.74) is 4.32. The van der Waals surface area contributed by atoms with E-state index in [0.717, 1.165) is 19.5 Å². The molecule has 2 aliphatic rings. The first-order valence-corrected chi connectivity index (χ1v) is 9.45. The van der Waals surface area contributed by atoms with E-state index in [1.54, 1.807) is 0 Å². The van der Waals surface area contributed by atoms with Crippen LogP contribution in [0, 0.1) is 0 Å². The number of hydrogen-bond donors (Lipinski definition) is 0. The van der Waals surface area contributed by atoms with E-state index in [1.807, 2.05) is 0 Å². The smallest absolute Gasteiger partial charge is 0.0486 e. The second-order valence-corrected chi connectivity index (χ2v) is 7.41. The van der Waals surface area contributed by atoms with Gasteiger partial charge in [0.2, 0.25) is 0 Å². The average molecular weight is 323 g/mol. The van der Waals surface area contributed by atoms with Crippen molar-refractivity contribution >= 4 is 16.5 Å². The van der Waals surface area contributed by atoms with Crippen LogP contribution in [-0.2, 0) is 6.54 Å². The fraction of sp³-hybridized carbons (Fsp3) is 0.524. The van der Waals surface area contributed by atoms with Gasteiger partial charge in [0.1, 0.15) is 0 Å². The molecule has 3 nitrogen and oxygen atoms in total. The summed E-state index contributed by atoms with van der Waals surface area (Å²) in [4.78, 5) is 5.01. The molecular weight excluding hydrogens is 294 g/mol. The van der Waals surface area contributed by atoms with Crippen LogP contribution in [0.15, 0.2) is 36.5 Å². The average Bonchev–Trinajstić information content (AvgIpc) is 3.22. The van der Waals surface area contributed by atoms with Crippen molar-refractivity contribution in [2.45, 2.75) is 38.8 Å². The van der Waals surface area contributed by atoms with Gasteiger partial charge in [-0.05, 0) is 68.1 Å². The topological polar surface area (TPSA) is 11.4 Å². The van der Waals surface area contributed by atoms with E-state index in [9.17, 15) is 0 Å². The molecule has 1 unspecified atom stereocenters. The van der Waals surface area contributed by atoms with Crippen LogP contribution in [-0.4, -0.2) is 53.6 Å². The third-order valence-corrected chi connectivity index (χ3v) is 5.87. The fourth-order valence-electron chi connectivity index (χ4n) is 4.32. The number of benzene rings is 1. The molecule has 0 N–H and O–H groups in total. The lowest BCUT2D eigenvalue weighted by Crippen LogP contribution is -2.32. The first-order valence-electron chi connectivity index (χ1n) is 9.45. The van der Waals surface area contributed by atoms with Crippen LogP contribution in [0.4, 0.5) is 0 Å². The fourth-order valence-corrected chi connectivity index (χ4v) is 4.32. The standard InChI is InChI=1S/C21H29N3/c1-3-23-11-4-5-20(23)16-24-14-10-18-6-7-19(15-21(18)24)17-8-12-22(2)13-9-17/h6-8,10,14-15,20H,3-5,9,11-13,16H2,1-2H3. The Morgan fingerprint density at radius 1 is 1.17 bits per heavy atom. The number of likely N-dealkylation sites (N-methyl/N-ethyl adjacent to an activating group) is 2. The first kappa shape index (κ1) is 15.9. The predicted molar refractivity (Wildman–Crippen MR) is 102 cm³/mol. The maximum Gasteiger partial charge on any atom is 0.0486 e. The Morgan fingerprint density at radius 3 is 2.88 bits per heavy atom. The number of fused-ring (bicyclic) bond motifs is 1. The Hall–Kier alpha value is -1.58. The van der Waals surface area contributed by atoms with E-state index >= 15 is 0 Å². The van der Waals surface area contributed by atoms with Crippen molar-refractivity contribution in [3.63, 3.8) is 0 Å². The lowest BCUT2D eigenvalue weighted by atomic mass is 9.99. The molecule has 3 heterocycles. The number of aromatic nitrogens is 1. The van der Waals surface area contributed by atoms with Crippen LogP contribution in [0.1, 0.15) is 31.7 Å². The van der Waals surface area contributed by atoms with E-state index in [-0.39, 0.29) is 0 Å². The highest BCUT2D eigenvalue weighted by atomic mass is 15.2. The third kappa shape index (κ3) is 3.03. The molecule has 1 saturated heterocycles. The van der Waals surface area contributed by atoms with Crippen LogP contribution in [0.3, 0.4) is 0 Å². The molecule has 4 rings (SSSR count).